The molecule has 2 unspecified atom stereocenters. The number of rotatable bonds is 3. The largest absolute Gasteiger partial charge is 0.392 e. The van der Waals surface area contributed by atoms with Crippen molar-refractivity contribution in [2.45, 2.75) is 59.5 Å². The predicted octanol–water partition coefficient (Wildman–Crippen LogP) is 4.03. The number of aryl methyl sites for hydroxylation is 2. The fourth-order valence-electron chi connectivity index (χ4n) is 3.38. The summed E-state index contributed by atoms with van der Waals surface area (Å²) in [7, 11) is 0. The van der Waals surface area contributed by atoms with E-state index in [0.717, 1.165) is 6.42 Å². The molecule has 1 aromatic rings. The molecule has 1 heteroatoms. The second-order valence-electron chi connectivity index (χ2n) is 6.68. The molecule has 18 heavy (non-hydrogen) atoms. The van der Waals surface area contributed by atoms with Gasteiger partial charge in [-0.25, -0.2) is 0 Å². The third-order valence-corrected chi connectivity index (χ3v) is 4.82. The van der Waals surface area contributed by atoms with Crippen LogP contribution in [0.3, 0.4) is 0 Å². The van der Waals surface area contributed by atoms with E-state index in [1.807, 2.05) is 0 Å². The van der Waals surface area contributed by atoms with Crippen LogP contribution in [0.1, 0.15) is 49.8 Å². The van der Waals surface area contributed by atoms with E-state index >= 15 is 0 Å². The maximum Gasteiger partial charge on any atom is 0.0613 e. The van der Waals surface area contributed by atoms with E-state index in [2.05, 4.69) is 45.9 Å². The summed E-state index contributed by atoms with van der Waals surface area (Å²) >= 11 is 0. The van der Waals surface area contributed by atoms with Crippen molar-refractivity contribution in [1.82, 2.24) is 0 Å². The second-order valence-corrected chi connectivity index (χ2v) is 6.68. The number of hydrogen-bond donors (Lipinski definition) is 1. The molecule has 1 aliphatic carbocycles. The van der Waals surface area contributed by atoms with Crippen LogP contribution in [0.2, 0.25) is 0 Å². The van der Waals surface area contributed by atoms with E-state index in [0.29, 0.717) is 11.3 Å². The molecular weight excluding hydrogens is 220 g/mol. The van der Waals surface area contributed by atoms with Crippen molar-refractivity contribution in [3.8, 4) is 0 Å². The normalized spacial score (nSPS) is 24.2. The van der Waals surface area contributed by atoms with E-state index in [4.69, 9.17) is 0 Å². The molecule has 1 fully saturated rings. The molecule has 100 valence electrons. The summed E-state index contributed by atoms with van der Waals surface area (Å²) in [4.78, 5) is 0. The Labute approximate surface area is 111 Å². The van der Waals surface area contributed by atoms with Gasteiger partial charge in [0.1, 0.15) is 0 Å². The Morgan fingerprint density at radius 2 is 2.00 bits per heavy atom. The lowest BCUT2D eigenvalue weighted by Crippen LogP contribution is -2.31. The average molecular weight is 246 g/mol. The molecule has 0 heterocycles. The average Bonchev–Trinajstić information content (AvgIpc) is 2.63. The van der Waals surface area contributed by atoms with Crippen LogP contribution in [0.15, 0.2) is 18.2 Å². The summed E-state index contributed by atoms with van der Waals surface area (Å²) in [5, 5.41) is 10.5. The monoisotopic (exact) mass is 246 g/mol. The van der Waals surface area contributed by atoms with Gasteiger partial charge < -0.3 is 5.11 Å². The fraction of sp³-hybridized carbons (Fsp3) is 0.647. The van der Waals surface area contributed by atoms with Crippen molar-refractivity contribution in [3.05, 3.63) is 34.9 Å². The van der Waals surface area contributed by atoms with Gasteiger partial charge in [0.05, 0.1) is 6.10 Å². The van der Waals surface area contributed by atoms with E-state index in [9.17, 15) is 5.11 Å². The topological polar surface area (TPSA) is 20.2 Å². The lowest BCUT2D eigenvalue weighted by molar-refractivity contribution is 0.0543. The summed E-state index contributed by atoms with van der Waals surface area (Å²) in [5.41, 5.74) is 4.23. The van der Waals surface area contributed by atoms with Crippen LogP contribution in [-0.2, 0) is 6.42 Å². The number of benzene rings is 1. The highest BCUT2D eigenvalue weighted by Crippen LogP contribution is 2.44. The van der Waals surface area contributed by atoms with E-state index < -0.39 is 0 Å². The van der Waals surface area contributed by atoms with Gasteiger partial charge in [0.25, 0.3) is 0 Å². The van der Waals surface area contributed by atoms with Gasteiger partial charge in [0.2, 0.25) is 0 Å². The minimum Gasteiger partial charge on any atom is -0.392 e. The van der Waals surface area contributed by atoms with Crippen molar-refractivity contribution >= 4 is 0 Å². The first-order valence-corrected chi connectivity index (χ1v) is 7.14. The molecule has 1 aliphatic rings. The molecule has 0 radical (unpaired) electrons. The second kappa shape index (κ2) is 5.05. The van der Waals surface area contributed by atoms with Gasteiger partial charge in [-0.1, -0.05) is 38.5 Å². The molecule has 2 atom stereocenters. The quantitative estimate of drug-likeness (QED) is 0.853. The molecule has 0 spiro atoms. The van der Waals surface area contributed by atoms with E-state index in [1.165, 1.54) is 36.0 Å². The van der Waals surface area contributed by atoms with Gasteiger partial charge in [-0.05, 0) is 61.1 Å². The first kappa shape index (κ1) is 13.6. The smallest absolute Gasteiger partial charge is 0.0613 e. The molecule has 1 nitrogen and oxygen atoms in total. The maximum absolute atomic E-state index is 10.5. The van der Waals surface area contributed by atoms with Crippen molar-refractivity contribution in [2.24, 2.45) is 11.3 Å². The highest BCUT2D eigenvalue weighted by molar-refractivity contribution is 5.30. The van der Waals surface area contributed by atoms with Crippen LogP contribution in [0.4, 0.5) is 0 Å². The predicted molar refractivity (Wildman–Crippen MR) is 76.7 cm³/mol. The van der Waals surface area contributed by atoms with Crippen molar-refractivity contribution in [2.75, 3.05) is 0 Å². The zero-order valence-corrected chi connectivity index (χ0v) is 12.2. The van der Waals surface area contributed by atoms with Gasteiger partial charge in [0.15, 0.2) is 0 Å². The van der Waals surface area contributed by atoms with Gasteiger partial charge in [-0.2, -0.15) is 0 Å². The Balaban J connectivity index is 2.07. The Hall–Kier alpha value is -0.820. The Kier molecular flexibility index (Phi) is 3.82. The molecule has 0 aromatic heterocycles. The number of aliphatic hydroxyl groups is 1. The molecule has 2 rings (SSSR count). The molecule has 1 N–H and O–H groups in total. The SMILES string of the molecule is Cc1ccc(CC(O)C2CCCC2(C)C)cc1C. The number of hydrogen-bond acceptors (Lipinski definition) is 1. The van der Waals surface area contributed by atoms with Gasteiger partial charge >= 0.3 is 0 Å². The molecule has 0 saturated heterocycles. The van der Waals surface area contributed by atoms with Crippen molar-refractivity contribution < 1.29 is 5.11 Å². The zero-order chi connectivity index (χ0) is 13.3. The first-order chi connectivity index (χ1) is 8.40. The summed E-state index contributed by atoms with van der Waals surface area (Å²) in [6.07, 6.45) is 4.31. The van der Waals surface area contributed by atoms with Crippen LogP contribution in [-0.4, -0.2) is 11.2 Å². The lowest BCUT2D eigenvalue weighted by Gasteiger charge is -2.31. The lowest BCUT2D eigenvalue weighted by atomic mass is 9.77. The van der Waals surface area contributed by atoms with Crippen molar-refractivity contribution in [3.63, 3.8) is 0 Å². The summed E-state index contributed by atoms with van der Waals surface area (Å²) < 4.78 is 0. The third-order valence-electron chi connectivity index (χ3n) is 4.82. The molecular formula is C17H26O. The maximum atomic E-state index is 10.5. The summed E-state index contributed by atoms with van der Waals surface area (Å²) in [6, 6.07) is 6.55. The standard InChI is InChI=1S/C17H26O/c1-12-7-8-14(10-13(12)2)11-16(18)15-6-5-9-17(15,3)4/h7-8,10,15-16,18H,5-6,9,11H2,1-4H3. The van der Waals surface area contributed by atoms with Crippen LogP contribution in [0, 0.1) is 25.2 Å². The van der Waals surface area contributed by atoms with Crippen LogP contribution in [0.25, 0.3) is 0 Å². The van der Waals surface area contributed by atoms with Gasteiger partial charge in [-0.15, -0.1) is 0 Å². The third kappa shape index (κ3) is 2.77. The fourth-order valence-corrected chi connectivity index (χ4v) is 3.38. The Morgan fingerprint density at radius 3 is 2.56 bits per heavy atom. The molecule has 0 amide bonds. The van der Waals surface area contributed by atoms with E-state index in [1.54, 1.807) is 0 Å². The Morgan fingerprint density at radius 1 is 1.28 bits per heavy atom. The molecule has 0 bridgehead atoms. The molecule has 1 saturated carbocycles. The van der Waals surface area contributed by atoms with Gasteiger partial charge in [0, 0.05) is 0 Å². The first-order valence-electron chi connectivity index (χ1n) is 7.14. The highest BCUT2D eigenvalue weighted by atomic mass is 16.3. The molecule has 0 aliphatic heterocycles. The van der Waals surface area contributed by atoms with Crippen LogP contribution >= 0.6 is 0 Å². The number of aliphatic hydroxyl groups excluding tert-OH is 1. The summed E-state index contributed by atoms with van der Waals surface area (Å²) in [5.74, 6) is 0.458. The van der Waals surface area contributed by atoms with E-state index in [-0.39, 0.29) is 6.10 Å². The van der Waals surface area contributed by atoms with Gasteiger partial charge in [-0.3, -0.25) is 0 Å². The zero-order valence-electron chi connectivity index (χ0n) is 12.2. The Bertz CT molecular complexity index is 420. The van der Waals surface area contributed by atoms with Crippen molar-refractivity contribution in [1.29, 1.82) is 0 Å². The van der Waals surface area contributed by atoms with Crippen LogP contribution in [0.5, 0.6) is 0 Å². The minimum atomic E-state index is -0.190. The van der Waals surface area contributed by atoms with Crippen LogP contribution < -0.4 is 0 Å². The molecule has 1 aromatic carbocycles. The minimum absolute atomic E-state index is 0.190. The summed E-state index contributed by atoms with van der Waals surface area (Å²) in [6.45, 7) is 8.88. The highest BCUT2D eigenvalue weighted by Gasteiger charge is 2.38.